The number of ether oxygens (including phenoxy) is 1. The van der Waals surface area contributed by atoms with Gasteiger partial charge in [0.05, 0.1) is 12.2 Å². The van der Waals surface area contributed by atoms with Gasteiger partial charge >= 0.3 is 0 Å². The molecule has 1 atom stereocenters. The minimum Gasteiger partial charge on any atom is -0.472 e. The second-order valence-electron chi connectivity index (χ2n) is 6.40. The Morgan fingerprint density at radius 3 is 2.58 bits per heavy atom. The molecule has 5 nitrogen and oxygen atoms in total. The summed E-state index contributed by atoms with van der Waals surface area (Å²) in [6, 6.07) is 12.5. The van der Waals surface area contributed by atoms with E-state index in [1.54, 1.807) is 0 Å². The van der Waals surface area contributed by atoms with Crippen LogP contribution in [0.2, 0.25) is 0 Å². The summed E-state index contributed by atoms with van der Waals surface area (Å²) < 4.78 is 29.0. The number of hydrogen-bond donors (Lipinski definition) is 2. The lowest BCUT2D eigenvalue weighted by atomic mass is 9.84. The first-order valence-corrected chi connectivity index (χ1v) is 8.22. The largest absolute Gasteiger partial charge is 0.472 e. The van der Waals surface area contributed by atoms with E-state index in [-0.39, 0.29) is 30.5 Å². The van der Waals surface area contributed by atoms with Crippen LogP contribution in [0.4, 0.5) is 8.78 Å². The molecule has 0 saturated carbocycles. The van der Waals surface area contributed by atoms with E-state index in [1.165, 1.54) is 18.3 Å². The number of amides is 1. The summed E-state index contributed by atoms with van der Waals surface area (Å²) in [5, 5.41) is 12.5. The van der Waals surface area contributed by atoms with Crippen LogP contribution in [0.5, 0.6) is 5.88 Å². The maximum absolute atomic E-state index is 12.2. The van der Waals surface area contributed by atoms with Gasteiger partial charge in [-0.15, -0.1) is 0 Å². The van der Waals surface area contributed by atoms with Gasteiger partial charge in [0.2, 0.25) is 5.88 Å². The van der Waals surface area contributed by atoms with E-state index < -0.39 is 18.4 Å². The van der Waals surface area contributed by atoms with Crippen molar-refractivity contribution in [1.29, 1.82) is 0 Å². The smallest absolute Gasteiger partial charge is 0.272 e. The average Bonchev–Trinajstić information content (AvgIpc) is 2.65. The lowest BCUT2D eigenvalue weighted by Crippen LogP contribution is -2.39. The standard InChI is InChI=1S/C19H22F2N2O3/c1-19(13-24,9-14-5-3-2-4-6-14)12-23-18(25)15-7-8-17(22-10-15)26-11-16(20)21/h2-8,10,16,24H,9,11-13H2,1H3,(H,23,25)/t19-/m1/s1. The zero-order valence-electron chi connectivity index (χ0n) is 14.5. The summed E-state index contributed by atoms with van der Waals surface area (Å²) in [5.74, 6) is -0.322. The van der Waals surface area contributed by atoms with Crippen LogP contribution in [0.25, 0.3) is 0 Å². The van der Waals surface area contributed by atoms with Crippen molar-refractivity contribution in [2.24, 2.45) is 5.41 Å². The Hall–Kier alpha value is -2.54. The van der Waals surface area contributed by atoms with Crippen LogP contribution in [0.1, 0.15) is 22.8 Å². The van der Waals surface area contributed by atoms with E-state index >= 15 is 0 Å². The second kappa shape index (κ2) is 9.24. The van der Waals surface area contributed by atoms with Crippen LogP contribution < -0.4 is 10.1 Å². The number of aromatic nitrogens is 1. The molecule has 140 valence electrons. The van der Waals surface area contributed by atoms with E-state index in [1.807, 2.05) is 37.3 Å². The van der Waals surface area contributed by atoms with Gasteiger partial charge in [0, 0.05) is 24.2 Å². The molecule has 0 fully saturated rings. The first kappa shape index (κ1) is 19.8. The van der Waals surface area contributed by atoms with Gasteiger partial charge in [-0.1, -0.05) is 37.3 Å². The monoisotopic (exact) mass is 364 g/mol. The van der Waals surface area contributed by atoms with E-state index in [2.05, 4.69) is 10.3 Å². The molecule has 0 aliphatic rings. The Kier molecular flexibility index (Phi) is 7.03. The number of aliphatic hydroxyl groups excluding tert-OH is 1. The highest BCUT2D eigenvalue weighted by Crippen LogP contribution is 2.21. The van der Waals surface area contributed by atoms with Crippen LogP contribution in [-0.2, 0) is 6.42 Å². The van der Waals surface area contributed by atoms with Gasteiger partial charge in [-0.05, 0) is 18.1 Å². The van der Waals surface area contributed by atoms with Gasteiger partial charge in [-0.3, -0.25) is 4.79 Å². The highest BCUT2D eigenvalue weighted by atomic mass is 19.3. The Labute approximate surface area is 151 Å². The van der Waals surface area contributed by atoms with Crippen molar-refractivity contribution >= 4 is 5.91 Å². The average molecular weight is 364 g/mol. The molecule has 1 aromatic carbocycles. The molecule has 0 unspecified atom stereocenters. The first-order valence-electron chi connectivity index (χ1n) is 8.22. The maximum Gasteiger partial charge on any atom is 0.272 e. The molecule has 2 aromatic rings. The number of carbonyl (C=O) groups excluding carboxylic acids is 1. The normalized spacial score (nSPS) is 13.3. The summed E-state index contributed by atoms with van der Waals surface area (Å²) in [4.78, 5) is 16.1. The molecule has 1 aromatic heterocycles. The molecule has 0 radical (unpaired) electrons. The molecule has 2 N–H and O–H groups in total. The number of rotatable bonds is 9. The number of alkyl halides is 2. The Balaban J connectivity index is 1.91. The number of benzene rings is 1. The van der Waals surface area contributed by atoms with Gasteiger partial charge in [0.25, 0.3) is 12.3 Å². The molecule has 0 aliphatic carbocycles. The summed E-state index contributed by atoms with van der Waals surface area (Å²) >= 11 is 0. The molecule has 1 heterocycles. The zero-order valence-corrected chi connectivity index (χ0v) is 14.5. The number of nitrogens with one attached hydrogen (secondary N) is 1. The van der Waals surface area contributed by atoms with Crippen molar-refractivity contribution in [2.45, 2.75) is 19.8 Å². The zero-order chi connectivity index (χ0) is 19.0. The fourth-order valence-electron chi connectivity index (χ4n) is 2.41. The van der Waals surface area contributed by atoms with Gasteiger partial charge in [0.15, 0.2) is 6.61 Å². The predicted molar refractivity (Wildman–Crippen MR) is 93.4 cm³/mol. The molecular weight excluding hydrogens is 342 g/mol. The molecule has 0 aliphatic heterocycles. The third-order valence-electron chi connectivity index (χ3n) is 3.89. The molecule has 1 amide bonds. The summed E-state index contributed by atoms with van der Waals surface area (Å²) in [5.41, 5.74) is 0.847. The van der Waals surface area contributed by atoms with Crippen LogP contribution in [0, 0.1) is 5.41 Å². The van der Waals surface area contributed by atoms with Crippen molar-refractivity contribution in [1.82, 2.24) is 10.3 Å². The maximum atomic E-state index is 12.2. The van der Waals surface area contributed by atoms with Gasteiger partial charge in [-0.2, -0.15) is 0 Å². The number of pyridine rings is 1. The van der Waals surface area contributed by atoms with Gasteiger partial charge in [0.1, 0.15) is 0 Å². The van der Waals surface area contributed by atoms with E-state index in [0.29, 0.717) is 6.42 Å². The van der Waals surface area contributed by atoms with Crippen LogP contribution >= 0.6 is 0 Å². The van der Waals surface area contributed by atoms with Gasteiger partial charge < -0.3 is 15.2 Å². The number of carbonyl (C=O) groups is 1. The van der Waals surface area contributed by atoms with E-state index in [0.717, 1.165) is 5.56 Å². The lowest BCUT2D eigenvalue weighted by molar-refractivity contribution is 0.0794. The molecule has 0 bridgehead atoms. The van der Waals surface area contributed by atoms with Crippen molar-refractivity contribution in [3.05, 3.63) is 59.8 Å². The lowest BCUT2D eigenvalue weighted by Gasteiger charge is -2.27. The summed E-state index contributed by atoms with van der Waals surface area (Å²) in [6.45, 7) is 1.34. The molecular formula is C19H22F2N2O3. The quantitative estimate of drug-likeness (QED) is 0.718. The van der Waals surface area contributed by atoms with Crippen molar-refractivity contribution in [3.63, 3.8) is 0 Å². The van der Waals surface area contributed by atoms with Crippen LogP contribution in [0.15, 0.2) is 48.7 Å². The Bertz CT molecular complexity index is 696. The number of aliphatic hydroxyl groups is 1. The van der Waals surface area contributed by atoms with E-state index in [9.17, 15) is 18.7 Å². The second-order valence-corrected chi connectivity index (χ2v) is 6.40. The third-order valence-corrected chi connectivity index (χ3v) is 3.89. The highest BCUT2D eigenvalue weighted by Gasteiger charge is 2.25. The highest BCUT2D eigenvalue weighted by molar-refractivity contribution is 5.93. The third kappa shape index (κ3) is 6.07. The molecule has 26 heavy (non-hydrogen) atoms. The molecule has 2 rings (SSSR count). The number of halogens is 2. The van der Waals surface area contributed by atoms with Crippen LogP contribution in [0.3, 0.4) is 0 Å². The summed E-state index contributed by atoms with van der Waals surface area (Å²) in [6.07, 6.45) is -0.701. The fourth-order valence-corrected chi connectivity index (χ4v) is 2.41. The molecule has 0 saturated heterocycles. The predicted octanol–water partition coefficient (Wildman–Crippen LogP) is 2.70. The topological polar surface area (TPSA) is 71.5 Å². The number of hydrogen-bond acceptors (Lipinski definition) is 4. The minimum absolute atomic E-state index is 0.0334. The first-order chi connectivity index (χ1) is 12.4. The fraction of sp³-hybridized carbons (Fsp3) is 0.368. The van der Waals surface area contributed by atoms with Crippen LogP contribution in [-0.4, -0.2) is 42.2 Å². The van der Waals surface area contributed by atoms with Gasteiger partial charge in [-0.25, -0.2) is 13.8 Å². The Morgan fingerprint density at radius 2 is 2.00 bits per heavy atom. The SMILES string of the molecule is C[C@](CO)(CNC(=O)c1ccc(OCC(F)F)nc1)Cc1ccccc1. The minimum atomic E-state index is -2.58. The number of nitrogens with zero attached hydrogens (tertiary/aromatic N) is 1. The molecule has 0 spiro atoms. The summed E-state index contributed by atoms with van der Waals surface area (Å²) in [7, 11) is 0. The Morgan fingerprint density at radius 1 is 1.27 bits per heavy atom. The van der Waals surface area contributed by atoms with Crippen molar-refractivity contribution in [3.8, 4) is 5.88 Å². The van der Waals surface area contributed by atoms with Crippen molar-refractivity contribution in [2.75, 3.05) is 19.8 Å². The molecule has 7 heteroatoms. The van der Waals surface area contributed by atoms with Crippen molar-refractivity contribution < 1.29 is 23.4 Å². The van der Waals surface area contributed by atoms with E-state index in [4.69, 9.17) is 4.74 Å².